The van der Waals surface area contributed by atoms with Crippen LogP contribution in [0.1, 0.15) is 18.4 Å². The molecular weight excluding hydrogens is 446 g/mol. The molecule has 0 atom stereocenters. The van der Waals surface area contributed by atoms with Gasteiger partial charge in [-0.1, -0.05) is 30.3 Å². The fourth-order valence-corrected chi connectivity index (χ4v) is 3.60. The summed E-state index contributed by atoms with van der Waals surface area (Å²) >= 11 is 0. The van der Waals surface area contributed by atoms with Gasteiger partial charge in [0.05, 0.1) is 29.8 Å². The summed E-state index contributed by atoms with van der Waals surface area (Å²) in [4.78, 5) is 13.1. The first-order valence-electron chi connectivity index (χ1n) is 10.9. The normalized spacial score (nSPS) is 11.5. The van der Waals surface area contributed by atoms with E-state index in [4.69, 9.17) is 0 Å². The van der Waals surface area contributed by atoms with E-state index in [1.807, 2.05) is 18.2 Å². The predicted octanol–water partition coefficient (Wildman–Crippen LogP) is 6.14. The van der Waals surface area contributed by atoms with Gasteiger partial charge in [-0.3, -0.25) is 0 Å². The molecule has 0 bridgehead atoms. The number of anilines is 1. The van der Waals surface area contributed by atoms with Crippen molar-refractivity contribution in [3.8, 4) is 22.6 Å². The van der Waals surface area contributed by atoms with Crippen molar-refractivity contribution in [2.75, 3.05) is 11.9 Å². The molecule has 34 heavy (non-hydrogen) atoms. The second-order valence-corrected chi connectivity index (χ2v) is 7.79. The molecule has 0 unspecified atom stereocenters. The molecule has 0 aliphatic heterocycles. The molecule has 0 radical (unpaired) electrons. The SMILES string of the molecule is Fc1ccc(-c2ncn(CCC(F)(F)F)c2-c2ccnc(NCCCc3ccccc3)n2)cc1. The van der Waals surface area contributed by atoms with Crippen LogP contribution in [0.2, 0.25) is 0 Å². The highest BCUT2D eigenvalue weighted by atomic mass is 19.4. The molecule has 2 heterocycles. The van der Waals surface area contributed by atoms with Crippen molar-refractivity contribution in [2.45, 2.75) is 32.0 Å². The molecule has 9 heteroatoms. The maximum absolute atomic E-state index is 13.4. The number of nitrogens with one attached hydrogen (secondary N) is 1. The Morgan fingerprint density at radius 3 is 2.41 bits per heavy atom. The zero-order valence-corrected chi connectivity index (χ0v) is 18.3. The molecule has 2 aromatic heterocycles. The smallest absolute Gasteiger partial charge is 0.354 e. The minimum Gasteiger partial charge on any atom is -0.354 e. The van der Waals surface area contributed by atoms with Gasteiger partial charge in [-0.25, -0.2) is 19.3 Å². The molecule has 4 rings (SSSR count). The molecule has 1 N–H and O–H groups in total. The Labute approximate surface area is 194 Å². The Balaban J connectivity index is 1.56. The van der Waals surface area contributed by atoms with Crippen LogP contribution in [-0.2, 0) is 13.0 Å². The number of rotatable bonds is 9. The molecule has 2 aromatic carbocycles. The number of benzene rings is 2. The second kappa shape index (κ2) is 10.5. The maximum Gasteiger partial charge on any atom is 0.390 e. The maximum atomic E-state index is 13.4. The van der Waals surface area contributed by atoms with Gasteiger partial charge in [0.15, 0.2) is 0 Å². The summed E-state index contributed by atoms with van der Waals surface area (Å²) in [5.41, 5.74) is 3.09. The Hall–Kier alpha value is -3.75. The van der Waals surface area contributed by atoms with Crippen molar-refractivity contribution >= 4 is 5.95 Å². The standard InChI is InChI=1S/C25H23F4N5/c26-20-10-8-19(9-11-20)22-23(34(17-32-22)16-13-25(27,28)29)21-12-15-31-24(33-21)30-14-4-7-18-5-2-1-3-6-18/h1-3,5-6,8-12,15,17H,4,7,13-14,16H2,(H,30,31,33). The van der Waals surface area contributed by atoms with Crippen LogP contribution in [0.25, 0.3) is 22.6 Å². The molecular formula is C25H23F4N5. The van der Waals surface area contributed by atoms with Crippen LogP contribution in [0.3, 0.4) is 0 Å². The average Bonchev–Trinajstić information content (AvgIpc) is 3.25. The van der Waals surface area contributed by atoms with E-state index in [9.17, 15) is 17.6 Å². The van der Waals surface area contributed by atoms with E-state index in [1.165, 1.54) is 28.6 Å². The zero-order chi connectivity index (χ0) is 24.0. The van der Waals surface area contributed by atoms with E-state index in [-0.39, 0.29) is 6.54 Å². The second-order valence-electron chi connectivity index (χ2n) is 7.79. The molecule has 0 spiro atoms. The molecule has 0 fully saturated rings. The topological polar surface area (TPSA) is 55.6 Å². The van der Waals surface area contributed by atoms with Gasteiger partial charge < -0.3 is 9.88 Å². The molecule has 176 valence electrons. The van der Waals surface area contributed by atoms with Gasteiger partial charge in [-0.15, -0.1) is 0 Å². The first-order chi connectivity index (χ1) is 16.4. The Morgan fingerprint density at radius 1 is 0.912 bits per heavy atom. The van der Waals surface area contributed by atoms with Gasteiger partial charge in [0.1, 0.15) is 5.82 Å². The van der Waals surface area contributed by atoms with Crippen molar-refractivity contribution in [1.29, 1.82) is 0 Å². The summed E-state index contributed by atoms with van der Waals surface area (Å²) in [7, 11) is 0. The van der Waals surface area contributed by atoms with Gasteiger partial charge >= 0.3 is 6.18 Å². The lowest BCUT2D eigenvalue weighted by Gasteiger charge is -2.13. The molecule has 0 saturated heterocycles. The van der Waals surface area contributed by atoms with E-state index in [1.54, 1.807) is 24.4 Å². The highest BCUT2D eigenvalue weighted by Crippen LogP contribution is 2.32. The highest BCUT2D eigenvalue weighted by molar-refractivity contribution is 5.77. The number of hydrogen-bond acceptors (Lipinski definition) is 4. The van der Waals surface area contributed by atoms with Gasteiger partial charge in [-0.05, 0) is 48.7 Å². The Kier molecular flexibility index (Phi) is 7.20. The summed E-state index contributed by atoms with van der Waals surface area (Å²) in [6.45, 7) is 0.327. The molecule has 0 saturated carbocycles. The quantitative estimate of drug-likeness (QED) is 0.236. The van der Waals surface area contributed by atoms with E-state index in [2.05, 4.69) is 32.4 Å². The minimum absolute atomic E-state index is 0.309. The largest absolute Gasteiger partial charge is 0.390 e. The van der Waals surface area contributed by atoms with Gasteiger partial charge in [0.2, 0.25) is 5.95 Å². The molecule has 0 amide bonds. The predicted molar refractivity (Wildman–Crippen MR) is 123 cm³/mol. The van der Waals surface area contributed by atoms with E-state index < -0.39 is 18.4 Å². The molecule has 4 aromatic rings. The fourth-order valence-electron chi connectivity index (χ4n) is 3.60. The van der Waals surface area contributed by atoms with Crippen molar-refractivity contribution in [3.63, 3.8) is 0 Å². The van der Waals surface area contributed by atoms with Crippen LogP contribution >= 0.6 is 0 Å². The number of alkyl halides is 3. The Morgan fingerprint density at radius 2 is 1.68 bits per heavy atom. The molecule has 0 aliphatic rings. The molecule has 0 aliphatic carbocycles. The van der Waals surface area contributed by atoms with Crippen molar-refractivity contribution < 1.29 is 17.6 Å². The monoisotopic (exact) mass is 469 g/mol. The number of imidazole rings is 1. The van der Waals surface area contributed by atoms with Gasteiger partial charge in [0.25, 0.3) is 0 Å². The first-order valence-corrected chi connectivity index (χ1v) is 10.9. The number of hydrogen-bond donors (Lipinski definition) is 1. The first kappa shape index (κ1) is 23.4. The van der Waals surface area contributed by atoms with Gasteiger partial charge in [-0.2, -0.15) is 13.2 Å². The van der Waals surface area contributed by atoms with Crippen molar-refractivity contribution in [3.05, 3.63) is 84.6 Å². The number of aryl methyl sites for hydroxylation is 2. The van der Waals surface area contributed by atoms with E-state index >= 15 is 0 Å². The summed E-state index contributed by atoms with van der Waals surface area (Å²) in [6.07, 6.45) is -0.649. The third kappa shape index (κ3) is 6.18. The van der Waals surface area contributed by atoms with Crippen LogP contribution in [0.15, 0.2) is 73.2 Å². The average molecular weight is 469 g/mol. The van der Waals surface area contributed by atoms with Crippen LogP contribution in [-0.4, -0.2) is 32.2 Å². The minimum atomic E-state index is -4.31. The van der Waals surface area contributed by atoms with Crippen molar-refractivity contribution in [2.24, 2.45) is 0 Å². The number of nitrogens with zero attached hydrogens (tertiary/aromatic N) is 4. The lowest BCUT2D eigenvalue weighted by molar-refractivity contribution is -0.136. The van der Waals surface area contributed by atoms with Crippen molar-refractivity contribution in [1.82, 2.24) is 19.5 Å². The lowest BCUT2D eigenvalue weighted by Crippen LogP contribution is -2.13. The van der Waals surface area contributed by atoms with Gasteiger partial charge in [0, 0.05) is 24.8 Å². The summed E-state index contributed by atoms with van der Waals surface area (Å²) in [6, 6.07) is 17.4. The number of halogens is 4. The highest BCUT2D eigenvalue weighted by Gasteiger charge is 2.28. The summed E-state index contributed by atoms with van der Waals surface area (Å²) < 4.78 is 53.5. The van der Waals surface area contributed by atoms with Crippen LogP contribution < -0.4 is 5.32 Å². The fraction of sp³-hybridized carbons (Fsp3) is 0.240. The van der Waals surface area contributed by atoms with Crippen LogP contribution in [0.4, 0.5) is 23.5 Å². The molecule has 5 nitrogen and oxygen atoms in total. The zero-order valence-electron chi connectivity index (χ0n) is 18.3. The van der Waals surface area contributed by atoms with Crippen LogP contribution in [0, 0.1) is 5.82 Å². The van der Waals surface area contributed by atoms with Crippen LogP contribution in [0.5, 0.6) is 0 Å². The number of aromatic nitrogens is 4. The summed E-state index contributed by atoms with van der Waals surface area (Å²) in [5.74, 6) is -0.0370. The Bertz CT molecular complexity index is 1200. The third-order valence-corrected chi connectivity index (χ3v) is 5.26. The summed E-state index contributed by atoms with van der Waals surface area (Å²) in [5, 5.41) is 3.18. The lowest BCUT2D eigenvalue weighted by atomic mass is 10.1. The third-order valence-electron chi connectivity index (χ3n) is 5.26. The van der Waals surface area contributed by atoms with E-state index in [0.29, 0.717) is 35.1 Å². The van der Waals surface area contributed by atoms with E-state index in [0.717, 1.165) is 12.8 Å².